The summed E-state index contributed by atoms with van der Waals surface area (Å²) in [4.78, 5) is 13.3. The Hall–Kier alpha value is -1.75. The fourth-order valence-corrected chi connectivity index (χ4v) is 1.28. The number of hydrogen-bond donors (Lipinski definition) is 0. The zero-order valence-electron chi connectivity index (χ0n) is 10.5. The molecule has 0 unspecified atom stereocenters. The van der Waals surface area contributed by atoms with Crippen LogP contribution in [-0.2, 0) is 4.74 Å². The van der Waals surface area contributed by atoms with E-state index in [9.17, 15) is 4.79 Å². The second kappa shape index (κ2) is 6.10. The number of amides is 1. The molecule has 94 valence electrons. The molecule has 0 saturated heterocycles. The van der Waals surface area contributed by atoms with Crippen LogP contribution in [-0.4, -0.2) is 45.9 Å². The minimum Gasteiger partial charge on any atom is -0.497 e. The summed E-state index contributed by atoms with van der Waals surface area (Å²) in [7, 11) is 6.46. The number of rotatable bonds is 5. The lowest BCUT2D eigenvalue weighted by atomic mass is 10.2. The molecule has 0 bridgehead atoms. The Morgan fingerprint density at radius 1 is 1.18 bits per heavy atom. The van der Waals surface area contributed by atoms with E-state index in [1.54, 1.807) is 39.4 Å². The summed E-state index contributed by atoms with van der Waals surface area (Å²) in [6.45, 7) is 0.128. The van der Waals surface area contributed by atoms with Crippen molar-refractivity contribution in [3.63, 3.8) is 0 Å². The molecular weight excluding hydrogens is 222 g/mol. The van der Waals surface area contributed by atoms with Crippen LogP contribution in [0.2, 0.25) is 0 Å². The van der Waals surface area contributed by atoms with Crippen molar-refractivity contribution < 1.29 is 19.0 Å². The largest absolute Gasteiger partial charge is 0.497 e. The van der Waals surface area contributed by atoms with Gasteiger partial charge in [-0.3, -0.25) is 4.79 Å². The highest BCUT2D eigenvalue weighted by Crippen LogP contribution is 2.23. The van der Waals surface area contributed by atoms with Gasteiger partial charge in [0.2, 0.25) is 0 Å². The molecule has 0 aliphatic rings. The lowest BCUT2D eigenvalue weighted by molar-refractivity contribution is 0.0508. The van der Waals surface area contributed by atoms with Crippen LogP contribution in [0.4, 0.5) is 0 Å². The van der Waals surface area contributed by atoms with E-state index in [4.69, 9.17) is 14.2 Å². The Labute approximate surface area is 101 Å². The van der Waals surface area contributed by atoms with Gasteiger partial charge in [-0.05, 0) is 12.1 Å². The van der Waals surface area contributed by atoms with Gasteiger partial charge in [0.05, 0.1) is 7.11 Å². The first-order chi connectivity index (χ1) is 8.08. The van der Waals surface area contributed by atoms with Gasteiger partial charge in [-0.25, -0.2) is 0 Å². The second-order valence-electron chi connectivity index (χ2n) is 3.65. The van der Waals surface area contributed by atoms with Gasteiger partial charge in [-0.15, -0.1) is 0 Å². The first-order valence-corrected chi connectivity index (χ1v) is 5.11. The van der Waals surface area contributed by atoms with E-state index < -0.39 is 0 Å². The van der Waals surface area contributed by atoms with Crippen LogP contribution in [0.15, 0.2) is 18.2 Å². The van der Waals surface area contributed by atoms with Gasteiger partial charge in [0.1, 0.15) is 11.5 Å². The number of methoxy groups -OCH3 is 2. The topological polar surface area (TPSA) is 48.0 Å². The Kier molecular flexibility index (Phi) is 4.78. The van der Waals surface area contributed by atoms with Crippen molar-refractivity contribution in [2.75, 3.05) is 35.1 Å². The van der Waals surface area contributed by atoms with E-state index in [0.717, 1.165) is 0 Å². The maximum atomic E-state index is 11.8. The lowest BCUT2D eigenvalue weighted by Gasteiger charge is -2.13. The van der Waals surface area contributed by atoms with E-state index >= 15 is 0 Å². The normalized spacial score (nSPS) is 9.88. The predicted molar refractivity (Wildman–Crippen MR) is 63.5 cm³/mol. The lowest BCUT2D eigenvalue weighted by Crippen LogP contribution is -2.21. The molecule has 0 aromatic heterocycles. The summed E-state index contributed by atoms with van der Waals surface area (Å²) < 4.78 is 15.2. The molecule has 0 saturated carbocycles. The third-order valence-electron chi connectivity index (χ3n) is 2.11. The number of carbonyl (C=O) groups is 1. The first-order valence-electron chi connectivity index (χ1n) is 5.11. The van der Waals surface area contributed by atoms with E-state index in [1.807, 2.05) is 0 Å². The maximum Gasteiger partial charge on any atom is 0.253 e. The van der Waals surface area contributed by atoms with E-state index in [-0.39, 0.29) is 12.7 Å². The van der Waals surface area contributed by atoms with Gasteiger partial charge in [0.25, 0.3) is 5.91 Å². The van der Waals surface area contributed by atoms with Crippen molar-refractivity contribution in [3.8, 4) is 11.5 Å². The monoisotopic (exact) mass is 239 g/mol. The molecule has 0 N–H and O–H groups in total. The molecule has 5 nitrogen and oxygen atoms in total. The summed E-state index contributed by atoms with van der Waals surface area (Å²) in [6.07, 6.45) is 0. The number of nitrogens with zero attached hydrogens (tertiary/aromatic N) is 1. The van der Waals surface area contributed by atoms with Gasteiger partial charge in [0.15, 0.2) is 6.79 Å². The predicted octanol–water partition coefficient (Wildman–Crippen LogP) is 1.38. The smallest absolute Gasteiger partial charge is 0.253 e. The third kappa shape index (κ3) is 3.64. The third-order valence-corrected chi connectivity index (χ3v) is 2.11. The number of hydrogen-bond acceptors (Lipinski definition) is 4. The average Bonchev–Trinajstić information content (AvgIpc) is 2.34. The minimum atomic E-state index is -0.105. The molecule has 1 rings (SSSR count). The second-order valence-corrected chi connectivity index (χ2v) is 3.65. The van der Waals surface area contributed by atoms with Crippen LogP contribution in [0.5, 0.6) is 11.5 Å². The van der Waals surface area contributed by atoms with E-state index in [2.05, 4.69) is 0 Å². The van der Waals surface area contributed by atoms with Crippen molar-refractivity contribution in [1.82, 2.24) is 4.90 Å². The molecule has 1 aromatic rings. The highest BCUT2D eigenvalue weighted by atomic mass is 16.7. The van der Waals surface area contributed by atoms with Crippen LogP contribution in [0.3, 0.4) is 0 Å². The summed E-state index contributed by atoms with van der Waals surface area (Å²) >= 11 is 0. The quantitative estimate of drug-likeness (QED) is 0.728. The zero-order valence-corrected chi connectivity index (χ0v) is 10.5. The molecule has 0 aliphatic heterocycles. The van der Waals surface area contributed by atoms with Gasteiger partial charge in [0, 0.05) is 32.8 Å². The summed E-state index contributed by atoms with van der Waals surface area (Å²) in [5.41, 5.74) is 0.514. The standard InChI is InChI=1S/C12H17NO4/c1-13(2)12(14)9-5-10(16-4)7-11(6-9)17-8-15-3/h5-7H,8H2,1-4H3. The molecule has 5 heteroatoms. The Morgan fingerprint density at radius 3 is 2.35 bits per heavy atom. The number of benzene rings is 1. The van der Waals surface area contributed by atoms with Crippen LogP contribution < -0.4 is 9.47 Å². The molecule has 0 fully saturated rings. The van der Waals surface area contributed by atoms with Crippen molar-refractivity contribution in [3.05, 3.63) is 23.8 Å². The van der Waals surface area contributed by atoms with Gasteiger partial charge < -0.3 is 19.1 Å². The van der Waals surface area contributed by atoms with Crippen LogP contribution in [0, 0.1) is 0 Å². The Balaban J connectivity index is 3.00. The van der Waals surface area contributed by atoms with Crippen LogP contribution >= 0.6 is 0 Å². The summed E-state index contributed by atoms with van der Waals surface area (Å²) in [5.74, 6) is 1.01. The van der Waals surface area contributed by atoms with E-state index in [0.29, 0.717) is 17.1 Å². The maximum absolute atomic E-state index is 11.8. The van der Waals surface area contributed by atoms with Crippen molar-refractivity contribution in [2.45, 2.75) is 0 Å². The fourth-order valence-electron chi connectivity index (χ4n) is 1.28. The molecule has 0 spiro atoms. The fraction of sp³-hybridized carbons (Fsp3) is 0.417. The first kappa shape index (κ1) is 13.3. The van der Waals surface area contributed by atoms with Crippen LogP contribution in [0.25, 0.3) is 0 Å². The highest BCUT2D eigenvalue weighted by molar-refractivity contribution is 5.94. The van der Waals surface area contributed by atoms with Gasteiger partial charge in [-0.2, -0.15) is 0 Å². The Bertz CT molecular complexity index is 390. The molecular formula is C12H17NO4. The van der Waals surface area contributed by atoms with Crippen molar-refractivity contribution in [1.29, 1.82) is 0 Å². The Morgan fingerprint density at radius 2 is 1.82 bits per heavy atom. The van der Waals surface area contributed by atoms with Gasteiger partial charge in [-0.1, -0.05) is 0 Å². The molecule has 0 radical (unpaired) electrons. The number of ether oxygens (including phenoxy) is 3. The SMILES string of the molecule is COCOc1cc(OC)cc(C(=O)N(C)C)c1. The molecule has 0 heterocycles. The van der Waals surface area contributed by atoms with Crippen LogP contribution in [0.1, 0.15) is 10.4 Å². The molecule has 17 heavy (non-hydrogen) atoms. The van der Waals surface area contributed by atoms with Crippen molar-refractivity contribution >= 4 is 5.91 Å². The van der Waals surface area contributed by atoms with Gasteiger partial charge >= 0.3 is 0 Å². The minimum absolute atomic E-state index is 0.105. The molecule has 0 atom stereocenters. The number of carbonyl (C=O) groups excluding carboxylic acids is 1. The molecule has 0 aliphatic carbocycles. The zero-order chi connectivity index (χ0) is 12.8. The summed E-state index contributed by atoms with van der Waals surface area (Å²) in [6, 6.07) is 5.03. The summed E-state index contributed by atoms with van der Waals surface area (Å²) in [5, 5.41) is 0. The molecule has 1 aromatic carbocycles. The van der Waals surface area contributed by atoms with E-state index in [1.165, 1.54) is 12.0 Å². The molecule has 1 amide bonds. The average molecular weight is 239 g/mol. The van der Waals surface area contributed by atoms with Crippen molar-refractivity contribution in [2.24, 2.45) is 0 Å². The highest BCUT2D eigenvalue weighted by Gasteiger charge is 2.11.